The van der Waals surface area contributed by atoms with Gasteiger partial charge in [-0.1, -0.05) is 6.08 Å². The van der Waals surface area contributed by atoms with E-state index in [-0.39, 0.29) is 0 Å². The van der Waals surface area contributed by atoms with Crippen molar-refractivity contribution >= 4 is 6.29 Å². The Hall–Kier alpha value is -1.38. The fourth-order valence-electron chi connectivity index (χ4n) is 0.449. The summed E-state index contributed by atoms with van der Waals surface area (Å²) in [5.74, 6) is 0.352. The van der Waals surface area contributed by atoms with Gasteiger partial charge in [-0.3, -0.25) is 4.79 Å². The Balaban J connectivity index is 4.11. The second-order valence-corrected chi connectivity index (χ2v) is 1.59. The van der Waals surface area contributed by atoms with Crippen molar-refractivity contribution in [2.75, 3.05) is 7.11 Å². The molecule has 2 nitrogen and oxygen atoms in total. The molecule has 0 unspecified atom stereocenters. The zero-order chi connectivity index (χ0) is 8.53. The van der Waals surface area contributed by atoms with Crippen molar-refractivity contribution in [3.05, 3.63) is 36.4 Å². The van der Waals surface area contributed by atoms with Gasteiger partial charge in [0.1, 0.15) is 12.0 Å². The molecule has 0 aromatic rings. The van der Waals surface area contributed by atoms with Crippen LogP contribution in [0.1, 0.15) is 0 Å². The van der Waals surface area contributed by atoms with Gasteiger partial charge in [-0.25, -0.2) is 4.39 Å². The lowest BCUT2D eigenvalue weighted by Crippen LogP contribution is -1.78. The maximum atomic E-state index is 11.5. The van der Waals surface area contributed by atoms with Crippen molar-refractivity contribution in [1.82, 2.24) is 0 Å². The summed E-state index contributed by atoms with van der Waals surface area (Å²) in [7, 11) is 1.42. The van der Waals surface area contributed by atoms with E-state index in [1.165, 1.54) is 25.3 Å². The van der Waals surface area contributed by atoms with Crippen LogP contribution in [-0.2, 0) is 9.53 Å². The van der Waals surface area contributed by atoms with Crippen LogP contribution in [0.4, 0.5) is 4.39 Å². The third-order valence-electron chi connectivity index (χ3n) is 0.913. The number of carbonyl (C=O) groups excluding carboxylic acids is 1. The molecule has 0 bridgehead atoms. The van der Waals surface area contributed by atoms with E-state index in [9.17, 15) is 9.18 Å². The number of ether oxygens (including phenoxy) is 1. The van der Waals surface area contributed by atoms with Crippen molar-refractivity contribution in [2.24, 2.45) is 0 Å². The van der Waals surface area contributed by atoms with E-state index in [1.54, 1.807) is 0 Å². The Bertz CT molecular complexity index is 192. The largest absolute Gasteiger partial charge is 0.497 e. The Kier molecular flexibility index (Phi) is 5.89. The van der Waals surface area contributed by atoms with Crippen molar-refractivity contribution in [2.45, 2.75) is 0 Å². The molecule has 0 N–H and O–H groups in total. The first kappa shape index (κ1) is 9.62. The summed E-state index contributed by atoms with van der Waals surface area (Å²) in [5, 5.41) is 0. The third-order valence-corrected chi connectivity index (χ3v) is 0.913. The van der Waals surface area contributed by atoms with Crippen LogP contribution in [0, 0.1) is 0 Å². The number of carbonyl (C=O) groups is 1. The van der Waals surface area contributed by atoms with Crippen LogP contribution in [0.25, 0.3) is 0 Å². The summed E-state index contributed by atoms with van der Waals surface area (Å²) in [5.41, 5.74) is 0. The summed E-state index contributed by atoms with van der Waals surface area (Å²) in [6.07, 6.45) is 6.36. The first-order valence-electron chi connectivity index (χ1n) is 2.98. The van der Waals surface area contributed by atoms with Crippen molar-refractivity contribution < 1.29 is 13.9 Å². The number of halogens is 1. The van der Waals surface area contributed by atoms with Gasteiger partial charge >= 0.3 is 0 Å². The molecule has 3 heteroatoms. The molecule has 0 fully saturated rings. The molecule has 60 valence electrons. The Morgan fingerprint density at radius 1 is 1.45 bits per heavy atom. The highest BCUT2D eigenvalue weighted by molar-refractivity contribution is 5.65. The zero-order valence-corrected chi connectivity index (χ0v) is 6.16. The van der Waals surface area contributed by atoms with Crippen LogP contribution in [0.2, 0.25) is 0 Å². The maximum absolute atomic E-state index is 11.5. The second-order valence-electron chi connectivity index (χ2n) is 1.59. The Morgan fingerprint density at radius 2 is 2.18 bits per heavy atom. The topological polar surface area (TPSA) is 26.3 Å². The smallest absolute Gasteiger partial charge is 0.142 e. The van der Waals surface area contributed by atoms with Gasteiger partial charge < -0.3 is 4.74 Å². The van der Waals surface area contributed by atoms with Gasteiger partial charge in [-0.15, -0.1) is 0 Å². The second kappa shape index (κ2) is 6.74. The lowest BCUT2D eigenvalue weighted by molar-refractivity contribution is -0.104. The molecule has 0 radical (unpaired) electrons. The van der Waals surface area contributed by atoms with Crippen LogP contribution in [0.5, 0.6) is 0 Å². The van der Waals surface area contributed by atoms with Gasteiger partial charge in [0.25, 0.3) is 0 Å². The van der Waals surface area contributed by atoms with Gasteiger partial charge in [0.2, 0.25) is 0 Å². The third kappa shape index (κ3) is 5.08. The average molecular weight is 156 g/mol. The monoisotopic (exact) mass is 156 g/mol. The molecule has 0 amide bonds. The lowest BCUT2D eigenvalue weighted by atomic mass is 10.4. The molecular weight excluding hydrogens is 147 g/mol. The Morgan fingerprint density at radius 3 is 2.64 bits per heavy atom. The Labute approximate surface area is 64.7 Å². The summed E-state index contributed by atoms with van der Waals surface area (Å²) < 4.78 is 16.2. The van der Waals surface area contributed by atoms with E-state index >= 15 is 0 Å². The van der Waals surface area contributed by atoms with E-state index in [1.807, 2.05) is 0 Å². The molecule has 0 aliphatic rings. The fraction of sp³-hybridized carbons (Fsp3) is 0.125. The molecule has 0 rings (SSSR count). The first-order valence-corrected chi connectivity index (χ1v) is 2.98. The SMILES string of the molecule is COC(/C=C/F)=C/C=C/C=O. The summed E-state index contributed by atoms with van der Waals surface area (Å²) >= 11 is 0. The molecule has 0 aromatic heterocycles. The summed E-state index contributed by atoms with van der Waals surface area (Å²) in [6, 6.07) is 0. The van der Waals surface area contributed by atoms with E-state index in [4.69, 9.17) is 4.74 Å². The molecule has 11 heavy (non-hydrogen) atoms. The molecule has 0 saturated heterocycles. The van der Waals surface area contributed by atoms with Crippen molar-refractivity contribution in [3.63, 3.8) is 0 Å². The van der Waals surface area contributed by atoms with E-state index in [2.05, 4.69) is 0 Å². The molecule has 0 heterocycles. The van der Waals surface area contributed by atoms with Crippen molar-refractivity contribution in [1.29, 1.82) is 0 Å². The first-order chi connectivity index (χ1) is 5.35. The number of rotatable bonds is 4. The normalized spacial score (nSPS) is 12.7. The van der Waals surface area contributed by atoms with E-state index in [0.717, 1.165) is 6.08 Å². The number of hydrogen-bond donors (Lipinski definition) is 0. The number of allylic oxidation sites excluding steroid dienone is 4. The van der Waals surface area contributed by atoms with Crippen LogP contribution in [0.3, 0.4) is 0 Å². The van der Waals surface area contributed by atoms with Crippen molar-refractivity contribution in [3.8, 4) is 0 Å². The summed E-state index contributed by atoms with van der Waals surface area (Å²) in [6.45, 7) is 0. The number of hydrogen-bond acceptors (Lipinski definition) is 2. The van der Waals surface area contributed by atoms with E-state index in [0.29, 0.717) is 18.4 Å². The minimum absolute atomic E-state index is 0.352. The van der Waals surface area contributed by atoms with Gasteiger partial charge in [-0.2, -0.15) is 0 Å². The molecular formula is C8H9FO2. The predicted molar refractivity (Wildman–Crippen MR) is 40.5 cm³/mol. The van der Waals surface area contributed by atoms with Gasteiger partial charge in [0, 0.05) is 6.08 Å². The molecule has 0 aliphatic carbocycles. The fourth-order valence-corrected chi connectivity index (χ4v) is 0.449. The maximum Gasteiger partial charge on any atom is 0.142 e. The van der Waals surface area contributed by atoms with Gasteiger partial charge in [0.15, 0.2) is 0 Å². The van der Waals surface area contributed by atoms with Crippen LogP contribution in [0.15, 0.2) is 36.4 Å². The molecule has 0 spiro atoms. The molecule has 0 atom stereocenters. The standard InChI is InChI=1S/C8H9FO2/c1-11-8(5-6-9)4-2-3-7-10/h2-7H,1H3/b3-2+,6-5+,8-4+. The highest BCUT2D eigenvalue weighted by Gasteiger charge is 1.83. The number of aldehydes is 1. The van der Waals surface area contributed by atoms with Crippen LogP contribution in [-0.4, -0.2) is 13.4 Å². The van der Waals surface area contributed by atoms with Gasteiger partial charge in [0.05, 0.1) is 13.4 Å². The van der Waals surface area contributed by atoms with Gasteiger partial charge in [-0.05, 0) is 12.2 Å². The minimum Gasteiger partial charge on any atom is -0.497 e. The summed E-state index contributed by atoms with van der Waals surface area (Å²) in [4.78, 5) is 9.78. The quantitative estimate of drug-likeness (QED) is 0.268. The highest BCUT2D eigenvalue weighted by atomic mass is 19.1. The lowest BCUT2D eigenvalue weighted by Gasteiger charge is -1.94. The van der Waals surface area contributed by atoms with E-state index < -0.39 is 0 Å². The zero-order valence-electron chi connectivity index (χ0n) is 6.16. The molecule has 0 saturated carbocycles. The predicted octanol–water partition coefficient (Wildman–Crippen LogP) is 1.75. The number of methoxy groups -OCH3 is 1. The minimum atomic E-state index is 0.352. The molecule has 0 aromatic carbocycles. The average Bonchev–Trinajstić information content (AvgIpc) is 2.03. The highest BCUT2D eigenvalue weighted by Crippen LogP contribution is 1.97. The van der Waals surface area contributed by atoms with Crippen LogP contribution >= 0.6 is 0 Å². The molecule has 0 aliphatic heterocycles. The van der Waals surface area contributed by atoms with Crippen LogP contribution < -0.4 is 0 Å².